The lowest BCUT2D eigenvalue weighted by Crippen LogP contribution is -2.22. The molecule has 18 heavy (non-hydrogen) atoms. The summed E-state index contributed by atoms with van der Waals surface area (Å²) in [5.74, 6) is -0.0796. The summed E-state index contributed by atoms with van der Waals surface area (Å²) in [6, 6.07) is 7.47. The second-order valence-corrected chi connectivity index (χ2v) is 4.87. The van der Waals surface area contributed by atoms with Gasteiger partial charge in [-0.25, -0.2) is 0 Å². The van der Waals surface area contributed by atoms with Crippen LogP contribution in [0, 0.1) is 0 Å². The predicted octanol–water partition coefficient (Wildman–Crippen LogP) is 1.57. The van der Waals surface area contributed by atoms with Crippen molar-refractivity contribution in [3.05, 3.63) is 52.0 Å². The fraction of sp³-hybridized carbons (Fsp3) is 0.231. The highest BCUT2D eigenvalue weighted by molar-refractivity contribution is 7.09. The molecule has 0 spiro atoms. The minimum atomic E-state index is -0.0796. The molecule has 0 saturated heterocycles. The van der Waals surface area contributed by atoms with Crippen molar-refractivity contribution in [2.24, 2.45) is 5.73 Å². The van der Waals surface area contributed by atoms with Crippen LogP contribution in [0.15, 0.2) is 35.8 Å². The van der Waals surface area contributed by atoms with Gasteiger partial charge in [-0.2, -0.15) is 0 Å². The number of nitrogens with two attached hydrogens (primary N) is 1. The van der Waals surface area contributed by atoms with Crippen molar-refractivity contribution < 1.29 is 4.79 Å². The number of pyridine rings is 1. The van der Waals surface area contributed by atoms with Gasteiger partial charge in [0.25, 0.3) is 5.91 Å². The summed E-state index contributed by atoms with van der Waals surface area (Å²) in [5, 5.41) is 4.88. The van der Waals surface area contributed by atoms with Gasteiger partial charge in [0.2, 0.25) is 0 Å². The highest BCUT2D eigenvalue weighted by Gasteiger charge is 2.06. The van der Waals surface area contributed by atoms with Crippen molar-refractivity contribution in [1.29, 1.82) is 0 Å². The summed E-state index contributed by atoms with van der Waals surface area (Å²) in [5.41, 5.74) is 6.95. The van der Waals surface area contributed by atoms with Gasteiger partial charge < -0.3 is 11.1 Å². The van der Waals surface area contributed by atoms with Crippen LogP contribution in [0.5, 0.6) is 0 Å². The Kier molecular flexibility index (Phi) is 4.44. The molecule has 0 atom stereocenters. The van der Waals surface area contributed by atoms with Crippen molar-refractivity contribution in [3.63, 3.8) is 0 Å². The number of thiophene rings is 1. The first-order chi connectivity index (χ1) is 8.79. The Morgan fingerprint density at radius 2 is 2.33 bits per heavy atom. The lowest BCUT2D eigenvalue weighted by atomic mass is 10.2. The molecule has 5 heteroatoms. The van der Waals surface area contributed by atoms with Crippen molar-refractivity contribution in [2.45, 2.75) is 13.0 Å². The molecule has 0 unspecified atom stereocenters. The van der Waals surface area contributed by atoms with Gasteiger partial charge in [0, 0.05) is 28.8 Å². The Labute approximate surface area is 110 Å². The van der Waals surface area contributed by atoms with Gasteiger partial charge in [0.15, 0.2) is 0 Å². The Balaban J connectivity index is 1.97. The van der Waals surface area contributed by atoms with E-state index in [0.29, 0.717) is 25.1 Å². The van der Waals surface area contributed by atoms with Crippen LogP contribution in [0.4, 0.5) is 0 Å². The molecule has 2 rings (SSSR count). The Morgan fingerprint density at radius 3 is 3.06 bits per heavy atom. The molecule has 1 amide bonds. The molecule has 2 aromatic heterocycles. The van der Waals surface area contributed by atoms with E-state index in [0.717, 1.165) is 10.6 Å². The molecule has 0 radical (unpaired) electrons. The number of aromatic nitrogens is 1. The summed E-state index contributed by atoms with van der Waals surface area (Å²) in [4.78, 5) is 17.2. The number of hydrogen-bond acceptors (Lipinski definition) is 4. The van der Waals surface area contributed by atoms with E-state index < -0.39 is 0 Å². The van der Waals surface area contributed by atoms with Gasteiger partial charge in [0.1, 0.15) is 0 Å². The lowest BCUT2D eigenvalue weighted by Gasteiger charge is -2.05. The maximum Gasteiger partial charge on any atom is 0.251 e. The average molecular weight is 261 g/mol. The van der Waals surface area contributed by atoms with E-state index in [9.17, 15) is 4.79 Å². The summed E-state index contributed by atoms with van der Waals surface area (Å²) < 4.78 is 0. The zero-order chi connectivity index (χ0) is 12.8. The number of carbonyl (C=O) groups is 1. The maximum absolute atomic E-state index is 11.9. The average Bonchev–Trinajstić information content (AvgIpc) is 2.90. The first-order valence-corrected chi connectivity index (χ1v) is 6.63. The van der Waals surface area contributed by atoms with E-state index in [2.05, 4.69) is 10.3 Å². The van der Waals surface area contributed by atoms with Crippen LogP contribution in [0.25, 0.3) is 0 Å². The highest BCUT2D eigenvalue weighted by atomic mass is 32.1. The van der Waals surface area contributed by atoms with E-state index in [1.807, 2.05) is 17.5 Å². The minimum Gasteiger partial charge on any atom is -0.347 e. The molecule has 3 N–H and O–H groups in total. The molecule has 0 aliphatic heterocycles. The second-order valence-electron chi connectivity index (χ2n) is 3.84. The largest absolute Gasteiger partial charge is 0.347 e. The van der Waals surface area contributed by atoms with Crippen LogP contribution in [0.3, 0.4) is 0 Å². The fourth-order valence-electron chi connectivity index (χ4n) is 1.59. The Bertz CT molecular complexity index is 511. The molecule has 0 aromatic carbocycles. The van der Waals surface area contributed by atoms with Crippen LogP contribution < -0.4 is 11.1 Å². The van der Waals surface area contributed by atoms with Gasteiger partial charge in [-0.15, -0.1) is 11.3 Å². The number of carbonyl (C=O) groups excluding carboxylic acids is 1. The number of amides is 1. The maximum atomic E-state index is 11.9. The van der Waals surface area contributed by atoms with Crippen molar-refractivity contribution in [1.82, 2.24) is 10.3 Å². The standard InChI is InChI=1S/C13H15N3OS/c14-5-3-11-8-10(4-6-15-11)13(17)16-9-12-2-1-7-18-12/h1-2,4,6-8H,3,5,9,14H2,(H,16,17). The topological polar surface area (TPSA) is 68.0 Å². The zero-order valence-corrected chi connectivity index (χ0v) is 10.7. The summed E-state index contributed by atoms with van der Waals surface area (Å²) in [6.07, 6.45) is 2.33. The summed E-state index contributed by atoms with van der Waals surface area (Å²) in [6.45, 7) is 1.10. The molecule has 94 valence electrons. The lowest BCUT2D eigenvalue weighted by molar-refractivity contribution is 0.0951. The van der Waals surface area contributed by atoms with Gasteiger partial charge >= 0.3 is 0 Å². The number of rotatable bonds is 5. The molecule has 2 heterocycles. The van der Waals surface area contributed by atoms with E-state index in [-0.39, 0.29) is 5.91 Å². The van der Waals surface area contributed by atoms with Crippen LogP contribution >= 0.6 is 11.3 Å². The summed E-state index contributed by atoms with van der Waals surface area (Å²) >= 11 is 1.63. The molecule has 4 nitrogen and oxygen atoms in total. The third-order valence-electron chi connectivity index (χ3n) is 2.48. The predicted molar refractivity (Wildman–Crippen MR) is 72.5 cm³/mol. The first kappa shape index (κ1) is 12.7. The van der Waals surface area contributed by atoms with Crippen molar-refractivity contribution in [2.75, 3.05) is 6.54 Å². The van der Waals surface area contributed by atoms with Crippen LogP contribution in [0.2, 0.25) is 0 Å². The van der Waals surface area contributed by atoms with E-state index in [1.54, 1.807) is 29.7 Å². The van der Waals surface area contributed by atoms with Gasteiger partial charge in [-0.3, -0.25) is 9.78 Å². The molecule has 0 bridgehead atoms. The quantitative estimate of drug-likeness (QED) is 0.858. The zero-order valence-electron chi connectivity index (χ0n) is 9.93. The number of hydrogen-bond donors (Lipinski definition) is 2. The first-order valence-electron chi connectivity index (χ1n) is 5.75. The number of nitrogens with zero attached hydrogens (tertiary/aromatic N) is 1. The molecule has 0 aliphatic carbocycles. The minimum absolute atomic E-state index is 0.0796. The van der Waals surface area contributed by atoms with Gasteiger partial charge in [-0.1, -0.05) is 6.07 Å². The van der Waals surface area contributed by atoms with Crippen molar-refractivity contribution >= 4 is 17.2 Å². The fourth-order valence-corrected chi connectivity index (χ4v) is 2.23. The molecule has 0 aliphatic rings. The Morgan fingerprint density at radius 1 is 1.44 bits per heavy atom. The molecule has 2 aromatic rings. The van der Waals surface area contributed by atoms with E-state index >= 15 is 0 Å². The monoisotopic (exact) mass is 261 g/mol. The molecular weight excluding hydrogens is 246 g/mol. The normalized spacial score (nSPS) is 10.3. The van der Waals surface area contributed by atoms with Crippen LogP contribution in [-0.4, -0.2) is 17.4 Å². The third-order valence-corrected chi connectivity index (χ3v) is 3.36. The van der Waals surface area contributed by atoms with E-state index in [1.165, 1.54) is 0 Å². The molecular formula is C13H15N3OS. The third kappa shape index (κ3) is 3.38. The molecule has 0 fully saturated rings. The van der Waals surface area contributed by atoms with Crippen LogP contribution in [-0.2, 0) is 13.0 Å². The molecule has 0 saturated carbocycles. The Hall–Kier alpha value is -1.72. The van der Waals surface area contributed by atoms with Gasteiger partial charge in [-0.05, 0) is 30.1 Å². The van der Waals surface area contributed by atoms with Crippen molar-refractivity contribution in [3.8, 4) is 0 Å². The number of nitrogens with one attached hydrogen (secondary N) is 1. The van der Waals surface area contributed by atoms with E-state index in [4.69, 9.17) is 5.73 Å². The van der Waals surface area contributed by atoms with Crippen LogP contribution in [0.1, 0.15) is 20.9 Å². The second kappa shape index (κ2) is 6.28. The smallest absolute Gasteiger partial charge is 0.251 e. The summed E-state index contributed by atoms with van der Waals surface area (Å²) in [7, 11) is 0. The highest BCUT2D eigenvalue weighted by Crippen LogP contribution is 2.08. The SMILES string of the molecule is NCCc1cc(C(=O)NCc2cccs2)ccn1. The van der Waals surface area contributed by atoms with Gasteiger partial charge in [0.05, 0.1) is 6.54 Å².